The third-order valence-corrected chi connectivity index (χ3v) is 5.43. The van der Waals surface area contributed by atoms with Crippen molar-refractivity contribution in [2.75, 3.05) is 6.61 Å². The highest BCUT2D eigenvalue weighted by Gasteiger charge is 2.48. The van der Waals surface area contributed by atoms with E-state index in [2.05, 4.69) is 0 Å². The molecular formula is C17H30O11. The fraction of sp³-hybridized carbons (Fsp3) is 1.00. The van der Waals surface area contributed by atoms with Gasteiger partial charge < -0.3 is 54.3 Å². The molecule has 1 unspecified atom stereocenters. The first-order valence-corrected chi connectivity index (χ1v) is 9.51. The molecule has 3 rings (SSSR count). The van der Waals surface area contributed by atoms with Crippen LogP contribution in [0.15, 0.2) is 0 Å². The molecule has 0 spiro atoms. The van der Waals surface area contributed by atoms with Crippen molar-refractivity contribution in [2.24, 2.45) is 0 Å². The lowest BCUT2D eigenvalue weighted by atomic mass is 9.99. The summed E-state index contributed by atoms with van der Waals surface area (Å²) < 4.78 is 27.7. The molecule has 3 aliphatic rings. The first kappa shape index (κ1) is 22.2. The van der Waals surface area contributed by atoms with Crippen molar-refractivity contribution in [2.45, 2.75) is 100 Å². The van der Waals surface area contributed by atoms with Crippen molar-refractivity contribution >= 4 is 0 Å². The van der Waals surface area contributed by atoms with Crippen molar-refractivity contribution in [3.8, 4) is 0 Å². The van der Waals surface area contributed by atoms with E-state index in [1.165, 1.54) is 6.92 Å². The molecule has 0 amide bonds. The molecule has 11 nitrogen and oxygen atoms in total. The third-order valence-electron chi connectivity index (χ3n) is 5.43. The second-order valence-corrected chi connectivity index (χ2v) is 7.59. The van der Waals surface area contributed by atoms with Crippen molar-refractivity contribution < 1.29 is 54.3 Å². The minimum atomic E-state index is -1.58. The SMILES string of the molecule is C[C@@H]1O[C@@H](O[C@H]2[C@H](O[C@H]3CCC(O)O[C@@H]3C)OC[C@H](O)[C@@H]2O)[C@@H](O)[C@H](O)[C@@H]1O. The van der Waals surface area contributed by atoms with Crippen LogP contribution in [0.5, 0.6) is 0 Å². The standard InChI is InChI=1S/C17H30O11/c1-6-9(3-4-10(19)25-6)27-17-15(12(21)8(18)5-24-17)28-16-14(23)13(22)11(20)7(2)26-16/h6-23H,3-5H2,1-2H3/t6-,7+,8+,9+,10?,11-,12+,13-,14+,15-,16+,17+/m1/s1. The lowest BCUT2D eigenvalue weighted by Gasteiger charge is -2.45. The molecule has 0 aromatic rings. The summed E-state index contributed by atoms with van der Waals surface area (Å²) in [6, 6.07) is 0. The minimum Gasteiger partial charge on any atom is -0.388 e. The summed E-state index contributed by atoms with van der Waals surface area (Å²) >= 11 is 0. The zero-order valence-electron chi connectivity index (χ0n) is 15.8. The number of aliphatic hydroxyl groups is 6. The molecule has 3 fully saturated rings. The van der Waals surface area contributed by atoms with E-state index in [1.807, 2.05) is 0 Å². The van der Waals surface area contributed by atoms with Gasteiger partial charge in [-0.15, -0.1) is 0 Å². The fourth-order valence-electron chi connectivity index (χ4n) is 3.60. The monoisotopic (exact) mass is 410 g/mol. The van der Waals surface area contributed by atoms with Gasteiger partial charge in [0.05, 0.1) is 24.9 Å². The van der Waals surface area contributed by atoms with Gasteiger partial charge in [-0.05, 0) is 20.3 Å². The van der Waals surface area contributed by atoms with Crippen LogP contribution in [0, 0.1) is 0 Å². The van der Waals surface area contributed by atoms with Gasteiger partial charge in [0.15, 0.2) is 18.9 Å². The van der Waals surface area contributed by atoms with Crippen LogP contribution >= 0.6 is 0 Å². The molecule has 28 heavy (non-hydrogen) atoms. The summed E-state index contributed by atoms with van der Waals surface area (Å²) in [4.78, 5) is 0. The largest absolute Gasteiger partial charge is 0.388 e. The van der Waals surface area contributed by atoms with E-state index in [4.69, 9.17) is 23.7 Å². The minimum absolute atomic E-state index is 0.192. The van der Waals surface area contributed by atoms with Crippen LogP contribution in [0.25, 0.3) is 0 Å². The number of hydrogen-bond acceptors (Lipinski definition) is 11. The van der Waals surface area contributed by atoms with E-state index in [-0.39, 0.29) is 6.61 Å². The summed E-state index contributed by atoms with van der Waals surface area (Å²) in [6.07, 6.45) is -12.5. The molecule has 0 aromatic heterocycles. The van der Waals surface area contributed by atoms with Crippen LogP contribution < -0.4 is 0 Å². The second kappa shape index (κ2) is 9.14. The van der Waals surface area contributed by atoms with Crippen molar-refractivity contribution in [1.82, 2.24) is 0 Å². The average molecular weight is 410 g/mol. The first-order valence-electron chi connectivity index (χ1n) is 9.51. The van der Waals surface area contributed by atoms with E-state index < -0.39 is 73.8 Å². The topological polar surface area (TPSA) is 168 Å². The highest BCUT2D eigenvalue weighted by atomic mass is 16.8. The van der Waals surface area contributed by atoms with Gasteiger partial charge >= 0.3 is 0 Å². The molecule has 3 saturated heterocycles. The van der Waals surface area contributed by atoms with Crippen LogP contribution in [-0.2, 0) is 23.7 Å². The van der Waals surface area contributed by atoms with Crippen LogP contribution in [0.4, 0.5) is 0 Å². The Morgan fingerprint density at radius 3 is 2.11 bits per heavy atom. The zero-order chi connectivity index (χ0) is 20.6. The Balaban J connectivity index is 1.69. The molecule has 6 N–H and O–H groups in total. The van der Waals surface area contributed by atoms with Gasteiger partial charge in [0, 0.05) is 6.42 Å². The van der Waals surface area contributed by atoms with E-state index in [0.717, 1.165) is 0 Å². The first-order chi connectivity index (χ1) is 13.2. The Labute approximate surface area is 162 Å². The Morgan fingerprint density at radius 2 is 1.43 bits per heavy atom. The van der Waals surface area contributed by atoms with E-state index in [0.29, 0.717) is 12.8 Å². The normalized spacial score (nSPS) is 53.1. The molecule has 3 aliphatic heterocycles. The lowest BCUT2D eigenvalue weighted by Crippen LogP contribution is -2.62. The maximum atomic E-state index is 10.4. The lowest BCUT2D eigenvalue weighted by molar-refractivity contribution is -0.363. The summed E-state index contributed by atoms with van der Waals surface area (Å²) in [5, 5.41) is 59.8. The highest BCUT2D eigenvalue weighted by molar-refractivity contribution is 4.91. The molecular weight excluding hydrogens is 380 g/mol. The van der Waals surface area contributed by atoms with Crippen LogP contribution in [-0.4, -0.2) is 111 Å². The van der Waals surface area contributed by atoms with E-state index in [1.54, 1.807) is 6.92 Å². The number of ether oxygens (including phenoxy) is 5. The van der Waals surface area contributed by atoms with Gasteiger partial charge in [-0.2, -0.15) is 0 Å². The Morgan fingerprint density at radius 1 is 0.714 bits per heavy atom. The van der Waals surface area contributed by atoms with E-state index in [9.17, 15) is 30.6 Å². The van der Waals surface area contributed by atoms with Gasteiger partial charge in [-0.25, -0.2) is 0 Å². The van der Waals surface area contributed by atoms with E-state index >= 15 is 0 Å². The number of aliphatic hydroxyl groups excluding tert-OH is 6. The van der Waals surface area contributed by atoms with Gasteiger partial charge in [-0.1, -0.05) is 0 Å². The van der Waals surface area contributed by atoms with Crippen molar-refractivity contribution in [3.63, 3.8) is 0 Å². The molecule has 11 heteroatoms. The summed E-state index contributed by atoms with van der Waals surface area (Å²) in [6.45, 7) is 3.03. The highest BCUT2D eigenvalue weighted by Crippen LogP contribution is 2.30. The van der Waals surface area contributed by atoms with Crippen LogP contribution in [0.2, 0.25) is 0 Å². The van der Waals surface area contributed by atoms with Crippen LogP contribution in [0.1, 0.15) is 26.7 Å². The Kier molecular flexibility index (Phi) is 7.27. The maximum absolute atomic E-state index is 10.4. The maximum Gasteiger partial charge on any atom is 0.187 e. The number of rotatable bonds is 4. The number of hydrogen-bond donors (Lipinski definition) is 6. The van der Waals surface area contributed by atoms with Gasteiger partial charge in [-0.3, -0.25) is 0 Å². The predicted octanol–water partition coefficient (Wildman–Crippen LogP) is -2.82. The van der Waals surface area contributed by atoms with Gasteiger partial charge in [0.25, 0.3) is 0 Å². The van der Waals surface area contributed by atoms with Gasteiger partial charge in [0.1, 0.15) is 36.6 Å². The quantitative estimate of drug-likeness (QED) is 0.283. The Bertz CT molecular complexity index is 507. The second-order valence-electron chi connectivity index (χ2n) is 7.59. The molecule has 0 saturated carbocycles. The zero-order valence-corrected chi connectivity index (χ0v) is 15.8. The smallest absolute Gasteiger partial charge is 0.187 e. The van der Waals surface area contributed by atoms with Crippen molar-refractivity contribution in [1.29, 1.82) is 0 Å². The predicted molar refractivity (Wildman–Crippen MR) is 89.6 cm³/mol. The average Bonchev–Trinajstić information content (AvgIpc) is 2.65. The molecule has 0 radical (unpaired) electrons. The molecule has 0 bridgehead atoms. The van der Waals surface area contributed by atoms with Gasteiger partial charge in [0.2, 0.25) is 0 Å². The molecule has 164 valence electrons. The molecule has 3 heterocycles. The Hall–Kier alpha value is -0.440. The fourth-order valence-corrected chi connectivity index (χ4v) is 3.60. The molecule has 12 atom stereocenters. The van der Waals surface area contributed by atoms with Crippen molar-refractivity contribution in [3.05, 3.63) is 0 Å². The summed E-state index contributed by atoms with van der Waals surface area (Å²) in [7, 11) is 0. The molecule has 0 aliphatic carbocycles. The third kappa shape index (κ3) is 4.65. The summed E-state index contributed by atoms with van der Waals surface area (Å²) in [5.41, 5.74) is 0. The van der Waals surface area contributed by atoms with Crippen LogP contribution in [0.3, 0.4) is 0 Å². The molecule has 0 aromatic carbocycles. The summed E-state index contributed by atoms with van der Waals surface area (Å²) in [5.74, 6) is 0.